The van der Waals surface area contributed by atoms with E-state index in [2.05, 4.69) is 0 Å². The Morgan fingerprint density at radius 1 is 0.636 bits per heavy atom. The van der Waals surface area contributed by atoms with E-state index in [0.717, 1.165) is 5.56 Å². The topological polar surface area (TPSA) is 43.4 Å². The summed E-state index contributed by atoms with van der Waals surface area (Å²) in [5.74, 6) is 0.297. The molecule has 0 bridgehead atoms. The molecule has 0 atom stereocenters. The molecule has 3 aromatic carbocycles. The van der Waals surface area contributed by atoms with Gasteiger partial charge in [0.15, 0.2) is 0 Å². The van der Waals surface area contributed by atoms with Crippen LogP contribution in [0, 0.1) is 0 Å². The second-order valence-corrected chi connectivity index (χ2v) is 6.23. The van der Waals surface area contributed by atoms with Gasteiger partial charge in [-0.05, 0) is 23.8 Å². The molecule has 0 radical (unpaired) electrons. The standard InChI is InChI=1S/C18H14O3S/c19-22(20,21-16-11-5-2-6-12-16)18-14-8-7-13-17(18)15-9-3-1-4-10-15/h1-14H. The third-order valence-electron chi connectivity index (χ3n) is 3.19. The van der Waals surface area contributed by atoms with Crippen LogP contribution in [0.4, 0.5) is 0 Å². The van der Waals surface area contributed by atoms with Gasteiger partial charge in [-0.3, -0.25) is 0 Å². The van der Waals surface area contributed by atoms with E-state index in [1.165, 1.54) is 0 Å². The molecule has 0 N–H and O–H groups in total. The maximum absolute atomic E-state index is 12.6. The van der Waals surface area contributed by atoms with Gasteiger partial charge >= 0.3 is 10.1 Å². The van der Waals surface area contributed by atoms with Crippen LogP contribution in [-0.4, -0.2) is 8.42 Å². The summed E-state index contributed by atoms with van der Waals surface area (Å²) in [6.07, 6.45) is 0. The Balaban J connectivity index is 2.05. The van der Waals surface area contributed by atoms with E-state index in [-0.39, 0.29) is 4.90 Å². The minimum absolute atomic E-state index is 0.157. The van der Waals surface area contributed by atoms with Crippen LogP contribution in [-0.2, 0) is 10.1 Å². The summed E-state index contributed by atoms with van der Waals surface area (Å²) in [7, 11) is -3.89. The summed E-state index contributed by atoms with van der Waals surface area (Å²) in [5, 5.41) is 0. The summed E-state index contributed by atoms with van der Waals surface area (Å²) in [4.78, 5) is 0.157. The summed E-state index contributed by atoms with van der Waals surface area (Å²) in [6, 6.07) is 24.7. The van der Waals surface area contributed by atoms with Crippen molar-refractivity contribution in [3.8, 4) is 16.9 Å². The fourth-order valence-corrected chi connectivity index (χ4v) is 3.34. The second kappa shape index (κ2) is 6.03. The highest BCUT2D eigenvalue weighted by atomic mass is 32.2. The Labute approximate surface area is 129 Å². The van der Waals surface area contributed by atoms with Crippen LogP contribution in [0.2, 0.25) is 0 Å². The molecule has 0 unspecified atom stereocenters. The molecule has 0 aromatic heterocycles. The molecule has 0 heterocycles. The van der Waals surface area contributed by atoms with Crippen molar-refractivity contribution in [3.63, 3.8) is 0 Å². The van der Waals surface area contributed by atoms with Gasteiger partial charge in [0, 0.05) is 5.56 Å². The van der Waals surface area contributed by atoms with Gasteiger partial charge < -0.3 is 4.18 Å². The Morgan fingerprint density at radius 2 is 1.18 bits per heavy atom. The fourth-order valence-electron chi connectivity index (χ4n) is 2.19. The average molecular weight is 310 g/mol. The lowest BCUT2D eigenvalue weighted by molar-refractivity contribution is 0.486. The van der Waals surface area contributed by atoms with Crippen LogP contribution in [0.5, 0.6) is 5.75 Å². The van der Waals surface area contributed by atoms with Crippen LogP contribution in [0.15, 0.2) is 89.8 Å². The third kappa shape index (κ3) is 3.02. The minimum Gasteiger partial charge on any atom is -0.379 e. The Hall–Kier alpha value is -2.59. The maximum Gasteiger partial charge on any atom is 0.339 e. The molecule has 0 saturated heterocycles. The van der Waals surface area contributed by atoms with Crippen molar-refractivity contribution >= 4 is 10.1 Å². The zero-order chi connectivity index (χ0) is 15.4. The van der Waals surface area contributed by atoms with E-state index in [9.17, 15) is 8.42 Å². The maximum atomic E-state index is 12.6. The monoisotopic (exact) mass is 310 g/mol. The fraction of sp³-hybridized carbons (Fsp3) is 0. The molecule has 0 aliphatic carbocycles. The number of benzene rings is 3. The molecular formula is C18H14O3S. The van der Waals surface area contributed by atoms with E-state index in [1.54, 1.807) is 48.5 Å². The predicted molar refractivity (Wildman–Crippen MR) is 86.1 cm³/mol. The van der Waals surface area contributed by atoms with Crippen LogP contribution in [0.25, 0.3) is 11.1 Å². The number of para-hydroxylation sites is 1. The molecule has 0 saturated carbocycles. The molecular weight excluding hydrogens is 296 g/mol. The first-order chi connectivity index (χ1) is 10.7. The molecule has 110 valence electrons. The first kappa shape index (κ1) is 14.4. The third-order valence-corrected chi connectivity index (χ3v) is 4.50. The molecule has 0 spiro atoms. The molecule has 0 aliphatic heterocycles. The van der Waals surface area contributed by atoms with Gasteiger partial charge in [-0.15, -0.1) is 0 Å². The van der Waals surface area contributed by atoms with Gasteiger partial charge in [-0.2, -0.15) is 8.42 Å². The molecule has 0 fully saturated rings. The largest absolute Gasteiger partial charge is 0.379 e. The van der Waals surface area contributed by atoms with Crippen LogP contribution in [0.1, 0.15) is 0 Å². The lowest BCUT2D eigenvalue weighted by Crippen LogP contribution is -2.11. The first-order valence-corrected chi connectivity index (χ1v) is 8.22. The van der Waals surface area contributed by atoms with Crippen molar-refractivity contribution < 1.29 is 12.6 Å². The highest BCUT2D eigenvalue weighted by Crippen LogP contribution is 2.29. The van der Waals surface area contributed by atoms with E-state index < -0.39 is 10.1 Å². The zero-order valence-electron chi connectivity index (χ0n) is 11.7. The number of hydrogen-bond acceptors (Lipinski definition) is 3. The molecule has 3 nitrogen and oxygen atoms in total. The average Bonchev–Trinajstić information content (AvgIpc) is 2.56. The van der Waals surface area contributed by atoms with Gasteiger partial charge in [0.1, 0.15) is 10.6 Å². The van der Waals surface area contributed by atoms with Gasteiger partial charge in [0.25, 0.3) is 0 Å². The Bertz CT molecular complexity index is 857. The molecule has 0 aliphatic rings. The van der Waals surface area contributed by atoms with E-state index in [1.807, 2.05) is 36.4 Å². The van der Waals surface area contributed by atoms with E-state index in [0.29, 0.717) is 11.3 Å². The van der Waals surface area contributed by atoms with Crippen molar-refractivity contribution in [1.82, 2.24) is 0 Å². The lowest BCUT2D eigenvalue weighted by atomic mass is 10.1. The highest BCUT2D eigenvalue weighted by molar-refractivity contribution is 7.87. The summed E-state index contributed by atoms with van der Waals surface area (Å²) in [5.41, 5.74) is 1.46. The Morgan fingerprint density at radius 3 is 1.86 bits per heavy atom. The minimum atomic E-state index is -3.89. The summed E-state index contributed by atoms with van der Waals surface area (Å²) < 4.78 is 30.4. The van der Waals surface area contributed by atoms with Crippen molar-refractivity contribution in [1.29, 1.82) is 0 Å². The second-order valence-electron chi connectivity index (χ2n) is 4.71. The van der Waals surface area contributed by atoms with Crippen molar-refractivity contribution in [2.45, 2.75) is 4.90 Å². The lowest BCUT2D eigenvalue weighted by Gasteiger charge is -2.11. The Kier molecular flexibility index (Phi) is 3.94. The quantitative estimate of drug-likeness (QED) is 0.681. The van der Waals surface area contributed by atoms with Gasteiger partial charge in [0.2, 0.25) is 0 Å². The molecule has 3 rings (SSSR count). The van der Waals surface area contributed by atoms with Crippen LogP contribution < -0.4 is 4.18 Å². The smallest absolute Gasteiger partial charge is 0.339 e. The predicted octanol–water partition coefficient (Wildman–Crippen LogP) is 4.12. The summed E-state index contributed by atoms with van der Waals surface area (Å²) >= 11 is 0. The normalized spacial score (nSPS) is 11.1. The van der Waals surface area contributed by atoms with Crippen molar-refractivity contribution in [2.75, 3.05) is 0 Å². The van der Waals surface area contributed by atoms with Crippen LogP contribution in [0.3, 0.4) is 0 Å². The van der Waals surface area contributed by atoms with Gasteiger partial charge in [-0.25, -0.2) is 0 Å². The summed E-state index contributed by atoms with van der Waals surface area (Å²) in [6.45, 7) is 0. The number of rotatable bonds is 4. The van der Waals surface area contributed by atoms with E-state index >= 15 is 0 Å². The molecule has 3 aromatic rings. The van der Waals surface area contributed by atoms with Gasteiger partial charge in [0.05, 0.1) is 0 Å². The number of hydrogen-bond donors (Lipinski definition) is 0. The van der Waals surface area contributed by atoms with Crippen LogP contribution >= 0.6 is 0 Å². The zero-order valence-corrected chi connectivity index (χ0v) is 12.5. The molecule has 0 amide bonds. The van der Waals surface area contributed by atoms with Crippen molar-refractivity contribution in [2.24, 2.45) is 0 Å². The van der Waals surface area contributed by atoms with E-state index in [4.69, 9.17) is 4.18 Å². The highest BCUT2D eigenvalue weighted by Gasteiger charge is 2.21. The molecule has 22 heavy (non-hydrogen) atoms. The first-order valence-electron chi connectivity index (χ1n) is 6.81. The van der Waals surface area contributed by atoms with Crippen molar-refractivity contribution in [3.05, 3.63) is 84.9 Å². The van der Waals surface area contributed by atoms with Gasteiger partial charge in [-0.1, -0.05) is 66.7 Å². The SMILES string of the molecule is O=S(=O)(Oc1ccccc1)c1ccccc1-c1ccccc1. The molecule has 4 heteroatoms.